The Morgan fingerprint density at radius 2 is 1.69 bits per heavy atom. The fourth-order valence-electron chi connectivity index (χ4n) is 3.62. The van der Waals surface area contributed by atoms with E-state index in [0.29, 0.717) is 22.9 Å². The van der Waals surface area contributed by atoms with Crippen molar-refractivity contribution in [1.82, 2.24) is 20.3 Å². The van der Waals surface area contributed by atoms with Crippen molar-refractivity contribution < 1.29 is 4.42 Å². The Balaban J connectivity index is 1.67. The molecule has 6 heteroatoms. The van der Waals surface area contributed by atoms with Gasteiger partial charge in [-0.15, -0.1) is 0 Å². The normalized spacial score (nSPS) is 14.9. The van der Waals surface area contributed by atoms with Gasteiger partial charge in [0.15, 0.2) is 11.6 Å². The highest BCUT2D eigenvalue weighted by molar-refractivity contribution is 5.85. The largest absolute Gasteiger partial charge is 0.430 e. The summed E-state index contributed by atoms with van der Waals surface area (Å²) < 4.78 is 6.21. The second kappa shape index (κ2) is 7.64. The van der Waals surface area contributed by atoms with Crippen molar-refractivity contribution in [1.29, 1.82) is 0 Å². The van der Waals surface area contributed by atoms with Crippen LogP contribution in [-0.4, -0.2) is 41.1 Å². The minimum Gasteiger partial charge on any atom is -0.430 e. The second-order valence-electron chi connectivity index (χ2n) is 7.37. The number of aromatic nitrogens is 3. The van der Waals surface area contributed by atoms with E-state index < -0.39 is 0 Å². The molecule has 1 aliphatic heterocycles. The Hall–Kier alpha value is -3.25. The van der Waals surface area contributed by atoms with Crippen LogP contribution in [0.1, 0.15) is 12.0 Å². The molecule has 3 heterocycles. The van der Waals surface area contributed by atoms with Gasteiger partial charge in [-0.2, -0.15) is 4.98 Å². The summed E-state index contributed by atoms with van der Waals surface area (Å²) in [5, 5.41) is 3.45. The summed E-state index contributed by atoms with van der Waals surface area (Å²) >= 11 is 0. The van der Waals surface area contributed by atoms with Crippen molar-refractivity contribution in [2.75, 3.05) is 31.1 Å². The zero-order valence-corrected chi connectivity index (χ0v) is 16.4. The summed E-state index contributed by atoms with van der Waals surface area (Å²) in [6.07, 6.45) is 1.06. The van der Waals surface area contributed by atoms with E-state index in [1.807, 2.05) is 42.5 Å². The van der Waals surface area contributed by atoms with Crippen LogP contribution in [0.4, 0.5) is 5.82 Å². The monoisotopic (exact) mass is 385 g/mol. The minimum atomic E-state index is 0.578. The molecule has 1 aliphatic rings. The van der Waals surface area contributed by atoms with E-state index in [2.05, 4.69) is 29.3 Å². The number of nitrogens with zero attached hydrogens (tertiary/aromatic N) is 4. The maximum atomic E-state index is 6.21. The van der Waals surface area contributed by atoms with Crippen molar-refractivity contribution in [3.05, 3.63) is 60.2 Å². The first-order chi connectivity index (χ1) is 14.3. The van der Waals surface area contributed by atoms with Crippen molar-refractivity contribution in [2.45, 2.75) is 13.3 Å². The number of fused-ring (bicyclic) bond motifs is 1. The smallest absolute Gasteiger partial charge is 0.229 e. The van der Waals surface area contributed by atoms with Crippen LogP contribution in [0.2, 0.25) is 0 Å². The van der Waals surface area contributed by atoms with Gasteiger partial charge in [0.05, 0.1) is 0 Å². The third kappa shape index (κ3) is 3.59. The summed E-state index contributed by atoms with van der Waals surface area (Å²) in [4.78, 5) is 16.6. The third-order valence-electron chi connectivity index (χ3n) is 5.21. The number of anilines is 1. The van der Waals surface area contributed by atoms with Crippen molar-refractivity contribution in [3.63, 3.8) is 0 Å². The molecule has 5 rings (SSSR count). The minimum absolute atomic E-state index is 0.578. The van der Waals surface area contributed by atoms with Gasteiger partial charge in [-0.3, -0.25) is 0 Å². The van der Waals surface area contributed by atoms with E-state index in [9.17, 15) is 0 Å². The maximum Gasteiger partial charge on any atom is 0.229 e. The molecular weight excluding hydrogens is 362 g/mol. The molecule has 2 aromatic heterocycles. The lowest BCUT2D eigenvalue weighted by atomic mass is 10.1. The molecule has 0 unspecified atom stereocenters. The molecule has 0 radical (unpaired) electrons. The Labute approximate surface area is 169 Å². The molecule has 0 bridgehead atoms. The fourth-order valence-corrected chi connectivity index (χ4v) is 3.62. The predicted octanol–water partition coefficient (Wildman–Crippen LogP) is 4.06. The lowest BCUT2D eigenvalue weighted by molar-refractivity contribution is 0.615. The standard InChI is InChI=1S/C23H23N5O/c1-16-8-10-18(11-9-16)23-27-21-19(29-23)22(28-14-5-12-24-13-15-28)26-20(25-21)17-6-3-2-4-7-17/h2-4,6-11,24H,5,12-15H2,1H3. The van der Waals surface area contributed by atoms with Crippen molar-refractivity contribution in [3.8, 4) is 22.8 Å². The van der Waals surface area contributed by atoms with Gasteiger partial charge in [0.2, 0.25) is 17.1 Å². The molecule has 4 aromatic rings. The number of aryl methyl sites for hydroxylation is 1. The summed E-state index contributed by atoms with van der Waals surface area (Å²) in [5.41, 5.74) is 4.37. The maximum absolute atomic E-state index is 6.21. The highest BCUT2D eigenvalue weighted by Crippen LogP contribution is 2.32. The number of oxazole rings is 1. The molecule has 146 valence electrons. The van der Waals surface area contributed by atoms with E-state index in [0.717, 1.165) is 49.5 Å². The van der Waals surface area contributed by atoms with Gasteiger partial charge in [0.1, 0.15) is 0 Å². The Morgan fingerprint density at radius 1 is 0.862 bits per heavy atom. The summed E-state index contributed by atoms with van der Waals surface area (Å²) in [6, 6.07) is 18.2. The summed E-state index contributed by atoms with van der Waals surface area (Å²) in [7, 11) is 0. The molecule has 0 spiro atoms. The van der Waals surface area contributed by atoms with Crippen LogP contribution < -0.4 is 10.2 Å². The van der Waals surface area contributed by atoms with Gasteiger partial charge >= 0.3 is 0 Å². The molecule has 2 aromatic carbocycles. The molecule has 6 nitrogen and oxygen atoms in total. The van der Waals surface area contributed by atoms with Crippen LogP contribution in [0.5, 0.6) is 0 Å². The SMILES string of the molecule is Cc1ccc(-c2nc3nc(-c4ccccc4)nc(N4CCCNCC4)c3o2)cc1. The third-order valence-corrected chi connectivity index (χ3v) is 5.21. The lowest BCUT2D eigenvalue weighted by Crippen LogP contribution is -2.29. The zero-order valence-electron chi connectivity index (χ0n) is 16.4. The molecular formula is C23H23N5O. The predicted molar refractivity (Wildman–Crippen MR) is 115 cm³/mol. The molecule has 0 saturated carbocycles. The van der Waals surface area contributed by atoms with Crippen molar-refractivity contribution >= 4 is 17.0 Å². The number of rotatable bonds is 3. The zero-order chi connectivity index (χ0) is 19.6. The molecule has 1 saturated heterocycles. The Kier molecular flexibility index (Phi) is 4.69. The number of benzene rings is 2. The first-order valence-corrected chi connectivity index (χ1v) is 10.0. The molecule has 29 heavy (non-hydrogen) atoms. The molecule has 1 fully saturated rings. The highest BCUT2D eigenvalue weighted by Gasteiger charge is 2.22. The van der Waals surface area contributed by atoms with Gasteiger partial charge in [0.25, 0.3) is 0 Å². The Morgan fingerprint density at radius 3 is 2.52 bits per heavy atom. The van der Waals surface area contributed by atoms with Gasteiger partial charge in [-0.1, -0.05) is 48.0 Å². The van der Waals surface area contributed by atoms with Crippen LogP contribution in [0, 0.1) is 6.92 Å². The van der Waals surface area contributed by atoms with E-state index in [1.54, 1.807) is 0 Å². The van der Waals surface area contributed by atoms with E-state index in [4.69, 9.17) is 19.4 Å². The molecule has 1 N–H and O–H groups in total. The molecule has 0 amide bonds. The van der Waals surface area contributed by atoms with Crippen LogP contribution in [0.25, 0.3) is 34.1 Å². The average molecular weight is 385 g/mol. The van der Waals surface area contributed by atoms with E-state index >= 15 is 0 Å². The fraction of sp³-hybridized carbons (Fsp3) is 0.261. The van der Waals surface area contributed by atoms with Crippen LogP contribution in [-0.2, 0) is 0 Å². The number of nitrogens with one attached hydrogen (secondary N) is 1. The quantitative estimate of drug-likeness (QED) is 0.574. The summed E-state index contributed by atoms with van der Waals surface area (Å²) in [6.45, 7) is 5.81. The van der Waals surface area contributed by atoms with Crippen LogP contribution in [0.15, 0.2) is 59.0 Å². The van der Waals surface area contributed by atoms with Gasteiger partial charge in [-0.05, 0) is 32.0 Å². The van der Waals surface area contributed by atoms with Gasteiger partial charge < -0.3 is 14.6 Å². The second-order valence-corrected chi connectivity index (χ2v) is 7.37. The number of hydrogen-bond acceptors (Lipinski definition) is 6. The molecule has 0 aliphatic carbocycles. The lowest BCUT2D eigenvalue weighted by Gasteiger charge is -2.21. The van der Waals surface area contributed by atoms with Crippen molar-refractivity contribution in [2.24, 2.45) is 0 Å². The Bertz CT molecular complexity index is 1110. The highest BCUT2D eigenvalue weighted by atomic mass is 16.4. The van der Waals surface area contributed by atoms with Crippen LogP contribution >= 0.6 is 0 Å². The first-order valence-electron chi connectivity index (χ1n) is 10.0. The first kappa shape index (κ1) is 17.8. The van der Waals surface area contributed by atoms with E-state index in [1.165, 1.54) is 5.56 Å². The van der Waals surface area contributed by atoms with Gasteiger partial charge in [0, 0.05) is 30.8 Å². The van der Waals surface area contributed by atoms with Crippen LogP contribution in [0.3, 0.4) is 0 Å². The summed E-state index contributed by atoms with van der Waals surface area (Å²) in [5.74, 6) is 2.08. The van der Waals surface area contributed by atoms with Gasteiger partial charge in [-0.25, -0.2) is 9.97 Å². The molecule has 0 atom stereocenters. The number of hydrogen-bond donors (Lipinski definition) is 1. The van der Waals surface area contributed by atoms with E-state index in [-0.39, 0.29) is 0 Å². The average Bonchev–Trinajstić information content (AvgIpc) is 3.00. The topological polar surface area (TPSA) is 67.1 Å².